The number of hydrogen-bond donors (Lipinski definition) is 2. The van der Waals surface area contributed by atoms with E-state index >= 15 is 0 Å². The number of azo groups is 1. The Bertz CT molecular complexity index is 828. The number of hydrogen-bond acceptors (Lipinski definition) is 6. The molecular weight excluding hydrogens is 284 g/mol. The van der Waals surface area contributed by atoms with Crippen LogP contribution in [0.25, 0.3) is 10.9 Å². The van der Waals surface area contributed by atoms with E-state index < -0.39 is 0 Å². The van der Waals surface area contributed by atoms with Crippen LogP contribution in [0, 0.1) is 0 Å². The number of aromatic amines is 1. The van der Waals surface area contributed by atoms with E-state index in [9.17, 15) is 5.11 Å². The fourth-order valence-electron chi connectivity index (χ4n) is 2.11. The van der Waals surface area contributed by atoms with Crippen LogP contribution in [0.5, 0.6) is 17.4 Å². The molecular formula is C15H14N4O3. The number of pyridine rings is 1. The number of H-pyrrole nitrogens is 1. The van der Waals surface area contributed by atoms with Crippen molar-refractivity contribution in [2.24, 2.45) is 10.2 Å². The van der Waals surface area contributed by atoms with Gasteiger partial charge in [0.1, 0.15) is 5.69 Å². The van der Waals surface area contributed by atoms with Crippen LogP contribution in [0.2, 0.25) is 0 Å². The molecule has 0 aliphatic carbocycles. The predicted octanol–water partition coefficient (Wildman–Crippen LogP) is 3.70. The smallest absolute Gasteiger partial charge is 0.218 e. The largest absolute Gasteiger partial charge is 0.493 e. The summed E-state index contributed by atoms with van der Waals surface area (Å²) in [5.74, 6) is 1.04. The fourth-order valence-corrected chi connectivity index (χ4v) is 2.11. The summed E-state index contributed by atoms with van der Waals surface area (Å²) in [6.07, 6.45) is 3.23. The van der Waals surface area contributed by atoms with E-state index in [0.717, 1.165) is 0 Å². The van der Waals surface area contributed by atoms with Crippen molar-refractivity contribution in [3.63, 3.8) is 0 Å². The van der Waals surface area contributed by atoms with E-state index in [1.54, 1.807) is 50.9 Å². The van der Waals surface area contributed by atoms with E-state index in [1.165, 1.54) is 0 Å². The predicted molar refractivity (Wildman–Crippen MR) is 81.5 cm³/mol. The van der Waals surface area contributed by atoms with Gasteiger partial charge in [-0.2, -0.15) is 0 Å². The first-order chi connectivity index (χ1) is 10.7. The standard InChI is InChI=1S/C15H14N4O3/c1-21-12-6-10-11(7-13(12)22-2)17-15(20)14(10)19-18-9-4-3-5-16-8-9/h3-8,17,20H,1-2H3. The van der Waals surface area contributed by atoms with Gasteiger partial charge in [-0.1, -0.05) is 0 Å². The zero-order valence-electron chi connectivity index (χ0n) is 12.1. The molecule has 3 aromatic rings. The molecule has 3 rings (SSSR count). The normalized spacial score (nSPS) is 11.2. The number of aromatic hydroxyl groups is 1. The molecule has 1 aromatic carbocycles. The zero-order chi connectivity index (χ0) is 15.5. The topological polar surface area (TPSA) is 92.1 Å². The molecule has 0 fully saturated rings. The molecule has 7 nitrogen and oxygen atoms in total. The molecule has 0 bridgehead atoms. The summed E-state index contributed by atoms with van der Waals surface area (Å²) >= 11 is 0. The van der Waals surface area contributed by atoms with Crippen LogP contribution in [-0.4, -0.2) is 29.3 Å². The summed E-state index contributed by atoms with van der Waals surface area (Å²) in [5, 5.41) is 18.9. The van der Waals surface area contributed by atoms with Crippen LogP contribution in [0.1, 0.15) is 0 Å². The highest BCUT2D eigenvalue weighted by Gasteiger charge is 2.15. The van der Waals surface area contributed by atoms with Crippen LogP contribution in [0.15, 0.2) is 46.9 Å². The van der Waals surface area contributed by atoms with Crippen molar-refractivity contribution in [3.05, 3.63) is 36.7 Å². The lowest BCUT2D eigenvalue weighted by Crippen LogP contribution is -1.89. The Morgan fingerprint density at radius 2 is 1.91 bits per heavy atom. The molecule has 0 unspecified atom stereocenters. The average molecular weight is 298 g/mol. The number of rotatable bonds is 4. The maximum atomic E-state index is 10.0. The van der Waals surface area contributed by atoms with Crippen LogP contribution < -0.4 is 9.47 Å². The molecule has 2 N–H and O–H groups in total. The van der Waals surface area contributed by atoms with Crippen molar-refractivity contribution < 1.29 is 14.6 Å². The number of fused-ring (bicyclic) bond motifs is 1. The molecule has 0 saturated heterocycles. The summed E-state index contributed by atoms with van der Waals surface area (Å²) in [6, 6.07) is 7.00. The molecule has 22 heavy (non-hydrogen) atoms. The minimum Gasteiger partial charge on any atom is -0.493 e. The molecule has 7 heteroatoms. The van der Waals surface area contributed by atoms with Crippen LogP contribution in [0.3, 0.4) is 0 Å². The van der Waals surface area contributed by atoms with E-state index in [-0.39, 0.29) is 5.88 Å². The number of benzene rings is 1. The third kappa shape index (κ3) is 2.44. The SMILES string of the molecule is COc1cc2[nH]c(O)c(N=Nc3cccnc3)c2cc1OC. The maximum absolute atomic E-state index is 10.0. The summed E-state index contributed by atoms with van der Waals surface area (Å²) in [5.41, 5.74) is 1.60. The number of ether oxygens (including phenoxy) is 2. The third-order valence-electron chi connectivity index (χ3n) is 3.17. The minimum atomic E-state index is -0.0713. The Hall–Kier alpha value is -3.09. The maximum Gasteiger partial charge on any atom is 0.218 e. The molecule has 0 radical (unpaired) electrons. The number of nitrogens with zero attached hydrogens (tertiary/aromatic N) is 3. The van der Waals surface area contributed by atoms with Gasteiger partial charge in [-0.15, -0.1) is 10.2 Å². The van der Waals surface area contributed by atoms with Crippen LogP contribution in [0.4, 0.5) is 11.4 Å². The third-order valence-corrected chi connectivity index (χ3v) is 3.17. The van der Waals surface area contributed by atoms with Crippen molar-refractivity contribution >= 4 is 22.3 Å². The number of nitrogens with one attached hydrogen (secondary N) is 1. The Kier molecular flexibility index (Phi) is 3.61. The van der Waals surface area contributed by atoms with E-state index in [1.807, 2.05) is 0 Å². The summed E-state index contributed by atoms with van der Waals surface area (Å²) in [6.45, 7) is 0. The Morgan fingerprint density at radius 3 is 2.59 bits per heavy atom. The van der Waals surface area contributed by atoms with Gasteiger partial charge < -0.3 is 19.6 Å². The van der Waals surface area contributed by atoms with Gasteiger partial charge in [0.25, 0.3) is 0 Å². The molecule has 0 aliphatic rings. The lowest BCUT2D eigenvalue weighted by molar-refractivity contribution is 0.356. The molecule has 112 valence electrons. The van der Waals surface area contributed by atoms with Crippen molar-refractivity contribution in [1.29, 1.82) is 0 Å². The summed E-state index contributed by atoms with van der Waals surface area (Å²) in [7, 11) is 3.10. The van der Waals surface area contributed by atoms with Gasteiger partial charge in [0, 0.05) is 17.6 Å². The lowest BCUT2D eigenvalue weighted by atomic mass is 10.2. The zero-order valence-corrected chi connectivity index (χ0v) is 12.1. The molecule has 0 amide bonds. The van der Waals surface area contributed by atoms with Gasteiger partial charge in [0.05, 0.1) is 25.9 Å². The van der Waals surface area contributed by atoms with Gasteiger partial charge in [0.2, 0.25) is 5.88 Å². The second-order valence-electron chi connectivity index (χ2n) is 4.49. The highest BCUT2D eigenvalue weighted by Crippen LogP contribution is 2.41. The number of aromatic nitrogens is 2. The number of methoxy groups -OCH3 is 2. The van der Waals surface area contributed by atoms with Gasteiger partial charge in [0.15, 0.2) is 17.2 Å². The van der Waals surface area contributed by atoms with Gasteiger partial charge in [-0.25, -0.2) is 0 Å². The van der Waals surface area contributed by atoms with E-state index in [2.05, 4.69) is 20.2 Å². The monoisotopic (exact) mass is 298 g/mol. The van der Waals surface area contributed by atoms with Crippen molar-refractivity contribution in [1.82, 2.24) is 9.97 Å². The molecule has 0 spiro atoms. The first-order valence-corrected chi connectivity index (χ1v) is 6.51. The Morgan fingerprint density at radius 1 is 1.14 bits per heavy atom. The Balaban J connectivity index is 2.09. The van der Waals surface area contributed by atoms with E-state index in [0.29, 0.717) is 33.8 Å². The van der Waals surface area contributed by atoms with Crippen LogP contribution >= 0.6 is 0 Å². The molecule has 0 aliphatic heterocycles. The highest BCUT2D eigenvalue weighted by molar-refractivity contribution is 5.96. The first-order valence-electron chi connectivity index (χ1n) is 6.51. The van der Waals surface area contributed by atoms with Gasteiger partial charge in [-0.3, -0.25) is 4.98 Å². The van der Waals surface area contributed by atoms with Gasteiger partial charge >= 0.3 is 0 Å². The summed E-state index contributed by atoms with van der Waals surface area (Å²) in [4.78, 5) is 6.80. The van der Waals surface area contributed by atoms with Crippen molar-refractivity contribution in [3.8, 4) is 17.4 Å². The molecule has 2 aromatic heterocycles. The van der Waals surface area contributed by atoms with Gasteiger partial charge in [-0.05, 0) is 18.2 Å². The molecule has 0 atom stereocenters. The first kappa shape index (κ1) is 13.9. The molecule has 0 saturated carbocycles. The minimum absolute atomic E-state index is 0.0713. The average Bonchev–Trinajstić information content (AvgIpc) is 2.86. The van der Waals surface area contributed by atoms with E-state index in [4.69, 9.17) is 9.47 Å². The van der Waals surface area contributed by atoms with Crippen molar-refractivity contribution in [2.45, 2.75) is 0 Å². The molecule has 2 heterocycles. The Labute approximate surface area is 126 Å². The fraction of sp³-hybridized carbons (Fsp3) is 0.133. The highest BCUT2D eigenvalue weighted by atomic mass is 16.5. The second kappa shape index (κ2) is 5.72. The quantitative estimate of drug-likeness (QED) is 0.718. The summed E-state index contributed by atoms with van der Waals surface area (Å²) < 4.78 is 10.5. The second-order valence-corrected chi connectivity index (χ2v) is 4.49. The lowest BCUT2D eigenvalue weighted by Gasteiger charge is -2.06. The van der Waals surface area contributed by atoms with Crippen LogP contribution in [-0.2, 0) is 0 Å². The van der Waals surface area contributed by atoms with Crippen molar-refractivity contribution in [2.75, 3.05) is 14.2 Å².